The number of thiophene rings is 1. The van der Waals surface area contributed by atoms with E-state index < -0.39 is 15.0 Å². The van der Waals surface area contributed by atoms with Crippen molar-refractivity contribution >= 4 is 48.6 Å². The molecule has 0 radical (unpaired) electrons. The van der Waals surface area contributed by atoms with Crippen molar-refractivity contribution in [3.05, 3.63) is 40.2 Å². The molecule has 0 aliphatic rings. The van der Waals surface area contributed by atoms with Crippen molar-refractivity contribution < 1.29 is 17.9 Å². The van der Waals surface area contributed by atoms with Crippen molar-refractivity contribution in [3.8, 4) is 10.4 Å². The van der Waals surface area contributed by atoms with Crippen LogP contribution < -0.4 is 0 Å². The summed E-state index contributed by atoms with van der Waals surface area (Å²) in [4.78, 5) is 11.9. The molecule has 106 valence electrons. The maximum atomic E-state index is 11.6. The van der Waals surface area contributed by atoms with Crippen LogP contribution in [0.3, 0.4) is 0 Å². The smallest absolute Gasteiger partial charge is 0.349 e. The van der Waals surface area contributed by atoms with Gasteiger partial charge in [0.2, 0.25) is 0 Å². The van der Waals surface area contributed by atoms with Crippen molar-refractivity contribution in [3.63, 3.8) is 0 Å². The van der Waals surface area contributed by atoms with Gasteiger partial charge in [-0.25, -0.2) is 13.2 Å². The fourth-order valence-electron chi connectivity index (χ4n) is 1.55. The summed E-state index contributed by atoms with van der Waals surface area (Å²) in [5.41, 5.74) is 0.733. The van der Waals surface area contributed by atoms with Crippen LogP contribution in [0, 0.1) is 0 Å². The average Bonchev–Trinajstić information content (AvgIpc) is 2.83. The minimum absolute atomic E-state index is 0.0487. The first-order valence-corrected chi connectivity index (χ1v) is 8.76. The maximum Gasteiger partial charge on any atom is 0.349 e. The third kappa shape index (κ3) is 3.15. The van der Waals surface area contributed by atoms with Crippen LogP contribution in [-0.4, -0.2) is 21.5 Å². The van der Waals surface area contributed by atoms with Gasteiger partial charge >= 0.3 is 5.97 Å². The minimum atomic E-state index is -4.03. The fraction of sp³-hybridized carbons (Fsp3) is 0.0833. The molecule has 2 aromatic rings. The Kier molecular flexibility index (Phi) is 4.39. The number of hydrogen-bond donors (Lipinski definition) is 0. The zero-order chi connectivity index (χ0) is 14.9. The van der Waals surface area contributed by atoms with Crippen molar-refractivity contribution in [1.29, 1.82) is 0 Å². The molecule has 0 saturated heterocycles. The summed E-state index contributed by atoms with van der Waals surface area (Å²) in [5, 5.41) is 0.559. The molecule has 1 aromatic heterocycles. The quantitative estimate of drug-likeness (QED) is 0.624. The Hall–Kier alpha value is -1.08. The molecule has 0 aliphatic heterocycles. The summed E-state index contributed by atoms with van der Waals surface area (Å²) in [7, 11) is 2.49. The van der Waals surface area contributed by atoms with Crippen molar-refractivity contribution in [2.75, 3.05) is 7.11 Å². The molecule has 4 nitrogen and oxygen atoms in total. The monoisotopic (exact) mass is 350 g/mol. The Morgan fingerprint density at radius 1 is 1.25 bits per heavy atom. The molecule has 0 atom stereocenters. The second-order valence-corrected chi connectivity index (χ2v) is 7.76. The van der Waals surface area contributed by atoms with Gasteiger partial charge in [-0.2, -0.15) is 0 Å². The third-order valence-electron chi connectivity index (χ3n) is 2.46. The van der Waals surface area contributed by atoms with Crippen molar-refractivity contribution in [2.45, 2.75) is 4.90 Å². The SMILES string of the molecule is COC(=O)c1sc(-c2ccc(Cl)cc2)cc1S(=O)(=O)Cl. The van der Waals surface area contributed by atoms with Crippen LogP contribution in [0.2, 0.25) is 5.02 Å². The molecule has 2 rings (SSSR count). The number of esters is 1. The summed E-state index contributed by atoms with van der Waals surface area (Å²) >= 11 is 6.79. The van der Waals surface area contributed by atoms with E-state index in [1.807, 2.05) is 0 Å². The van der Waals surface area contributed by atoms with Crippen LogP contribution in [0.5, 0.6) is 0 Å². The van der Waals surface area contributed by atoms with Crippen LogP contribution in [0.25, 0.3) is 10.4 Å². The second-order valence-electron chi connectivity index (χ2n) is 3.74. The van der Waals surface area contributed by atoms with Gasteiger partial charge < -0.3 is 4.74 Å². The van der Waals surface area contributed by atoms with E-state index in [-0.39, 0.29) is 9.77 Å². The van der Waals surface area contributed by atoms with Gasteiger partial charge in [-0.3, -0.25) is 0 Å². The first-order valence-electron chi connectivity index (χ1n) is 5.25. The molecule has 0 saturated carbocycles. The predicted octanol–water partition coefficient (Wildman–Crippen LogP) is 3.78. The minimum Gasteiger partial charge on any atom is -0.465 e. The number of ether oxygens (including phenoxy) is 1. The van der Waals surface area contributed by atoms with Gasteiger partial charge in [0.1, 0.15) is 9.77 Å². The van der Waals surface area contributed by atoms with Crippen molar-refractivity contribution in [1.82, 2.24) is 0 Å². The normalized spacial score (nSPS) is 11.3. The maximum absolute atomic E-state index is 11.6. The molecule has 0 N–H and O–H groups in total. The topological polar surface area (TPSA) is 60.4 Å². The Labute approximate surface area is 129 Å². The summed E-state index contributed by atoms with van der Waals surface area (Å²) in [6, 6.07) is 8.13. The van der Waals surface area contributed by atoms with Crippen molar-refractivity contribution in [2.24, 2.45) is 0 Å². The molecule has 0 amide bonds. The lowest BCUT2D eigenvalue weighted by atomic mass is 10.2. The van der Waals surface area contributed by atoms with Gasteiger partial charge in [-0.05, 0) is 23.8 Å². The fourth-order valence-corrected chi connectivity index (χ4v) is 4.24. The molecule has 1 aromatic carbocycles. The molecule has 20 heavy (non-hydrogen) atoms. The number of rotatable bonds is 3. The third-order valence-corrected chi connectivity index (χ3v) is 5.35. The lowest BCUT2D eigenvalue weighted by Gasteiger charge is -1.97. The highest BCUT2D eigenvalue weighted by molar-refractivity contribution is 8.13. The van der Waals surface area contributed by atoms with Gasteiger partial charge in [-0.15, -0.1) is 11.3 Å². The van der Waals surface area contributed by atoms with E-state index in [1.165, 1.54) is 13.2 Å². The standard InChI is InChI=1S/C12H8Cl2O4S2/c1-18-12(15)11-10(20(14,16)17)6-9(19-11)7-2-4-8(13)5-3-7/h2-6H,1H3. The van der Waals surface area contributed by atoms with E-state index in [1.54, 1.807) is 24.3 Å². The number of halogens is 2. The van der Waals surface area contributed by atoms with E-state index in [0.717, 1.165) is 16.9 Å². The summed E-state index contributed by atoms with van der Waals surface area (Å²) in [5.74, 6) is -0.741. The average molecular weight is 351 g/mol. The highest BCUT2D eigenvalue weighted by Gasteiger charge is 2.25. The Morgan fingerprint density at radius 3 is 2.35 bits per heavy atom. The number of carbonyl (C=O) groups excluding carboxylic acids is 1. The number of hydrogen-bond acceptors (Lipinski definition) is 5. The zero-order valence-electron chi connectivity index (χ0n) is 10.1. The van der Waals surface area contributed by atoms with E-state index in [4.69, 9.17) is 22.3 Å². The summed E-state index contributed by atoms with van der Waals surface area (Å²) in [6.07, 6.45) is 0. The molecular weight excluding hydrogens is 343 g/mol. The highest BCUT2D eigenvalue weighted by atomic mass is 35.7. The van der Waals surface area contributed by atoms with Gasteiger partial charge in [0.05, 0.1) is 7.11 Å². The van der Waals surface area contributed by atoms with Gasteiger partial charge in [0.15, 0.2) is 0 Å². The van der Waals surface area contributed by atoms with Crippen LogP contribution in [-0.2, 0) is 13.8 Å². The van der Waals surface area contributed by atoms with E-state index >= 15 is 0 Å². The Bertz CT molecular complexity index is 748. The number of carbonyl (C=O) groups is 1. The molecule has 0 fully saturated rings. The molecule has 0 spiro atoms. The second kappa shape index (κ2) is 5.73. The van der Waals surface area contributed by atoms with Gasteiger partial charge in [0.25, 0.3) is 9.05 Å². The highest BCUT2D eigenvalue weighted by Crippen LogP contribution is 2.36. The molecule has 1 heterocycles. The lowest BCUT2D eigenvalue weighted by molar-refractivity contribution is 0.0602. The zero-order valence-corrected chi connectivity index (χ0v) is 13.2. The summed E-state index contributed by atoms with van der Waals surface area (Å²) < 4.78 is 27.6. The Balaban J connectivity index is 2.60. The van der Waals surface area contributed by atoms with Crippen LogP contribution in [0.15, 0.2) is 35.2 Å². The van der Waals surface area contributed by atoms with E-state index in [2.05, 4.69) is 4.74 Å². The molecule has 0 unspecified atom stereocenters. The molecular formula is C12H8Cl2O4S2. The Morgan fingerprint density at radius 2 is 1.85 bits per heavy atom. The predicted molar refractivity (Wildman–Crippen MR) is 79.1 cm³/mol. The number of benzene rings is 1. The first kappa shape index (κ1) is 15.3. The van der Waals surface area contributed by atoms with E-state index in [9.17, 15) is 13.2 Å². The molecule has 0 aliphatic carbocycles. The van der Waals surface area contributed by atoms with Gasteiger partial charge in [-0.1, -0.05) is 23.7 Å². The lowest BCUT2D eigenvalue weighted by Crippen LogP contribution is -2.03. The number of methoxy groups -OCH3 is 1. The first-order chi connectivity index (χ1) is 9.32. The summed E-state index contributed by atoms with van der Waals surface area (Å²) in [6.45, 7) is 0. The molecule has 8 heteroatoms. The largest absolute Gasteiger partial charge is 0.465 e. The molecule has 0 bridgehead atoms. The van der Waals surface area contributed by atoms with Gasteiger partial charge in [0, 0.05) is 20.6 Å². The van der Waals surface area contributed by atoms with E-state index in [0.29, 0.717) is 9.90 Å². The van der Waals surface area contributed by atoms with Crippen LogP contribution >= 0.6 is 33.6 Å². The van der Waals surface area contributed by atoms with Crippen LogP contribution in [0.4, 0.5) is 0 Å². The van der Waals surface area contributed by atoms with Crippen LogP contribution in [0.1, 0.15) is 9.67 Å².